The van der Waals surface area contributed by atoms with E-state index in [0.717, 1.165) is 0 Å². The maximum Gasteiger partial charge on any atom is 0.532 e. The van der Waals surface area contributed by atoms with Crippen molar-refractivity contribution in [2.24, 2.45) is 0 Å². The van der Waals surface area contributed by atoms with Gasteiger partial charge in [0.1, 0.15) is 0 Å². The molecule has 43 nitrogen and oxygen atoms in total. The second-order valence-electron chi connectivity index (χ2n) is 24.9. The van der Waals surface area contributed by atoms with E-state index in [1.54, 1.807) is 7.11 Å². The topological polar surface area (TPSA) is 460 Å². The van der Waals surface area contributed by atoms with E-state index in [0.29, 0.717) is 436 Å². The van der Waals surface area contributed by atoms with E-state index in [1.165, 1.54) is 6.55 Å². The number of ether oxygens (including phenoxy) is 34. The minimum absolute atomic E-state index is 0.246. The third-order valence-corrected chi connectivity index (χ3v) is 62.0. The highest BCUT2D eigenvalue weighted by atomic mass is 30.0. The molecule has 0 N–H and O–H groups in total. The SMILES string of the molecule is COCCOCCOCCOCCOCCOCCOCCOCCOCCOCCOCCOCCOCCOCCOCCOCCOCCOCCOCCOCCOCCOCCOCCOCCOCCOCCOCCOCCOCCOCCOCCOCCOCCOCCC[Si](C)(O[Si](=O)[Si](=O)[Si](=O)[Si](=O)[Si](=O)[Si](=O)[SiH]=O)[SiH]=O. The fraction of sp³-hybridized carbons (Fsp3) is 1.00. The van der Waals surface area contributed by atoms with E-state index in [2.05, 4.69) is 0 Å². The van der Waals surface area contributed by atoms with Crippen molar-refractivity contribution in [1.82, 2.24) is 0 Å². The maximum atomic E-state index is 12.5. The number of hydrogen-bond acceptors (Lipinski definition) is 43. The summed E-state index contributed by atoms with van der Waals surface area (Å²) in [5.74, 6) is 0. The van der Waals surface area contributed by atoms with Crippen LogP contribution in [-0.4, -0.2) is 522 Å². The quantitative estimate of drug-likeness (QED) is 0.0437. The van der Waals surface area contributed by atoms with Crippen LogP contribution in [0, 0.1) is 0 Å². The molecule has 0 amide bonds. The van der Waals surface area contributed by atoms with Crippen LogP contribution in [0.15, 0.2) is 0 Å². The highest BCUT2D eigenvalue weighted by Crippen LogP contribution is 2.12. The Morgan fingerprint density at radius 2 is 0.317 bits per heavy atom. The van der Waals surface area contributed by atoms with Crippen molar-refractivity contribution < 1.29 is 201 Å². The molecule has 0 spiro atoms. The molecule has 0 heterocycles. The minimum Gasteiger partial charge on any atom is -0.575 e. The van der Waals surface area contributed by atoms with E-state index in [9.17, 15) is 35.7 Å². The lowest BCUT2D eigenvalue weighted by molar-refractivity contribution is -0.0326. The van der Waals surface area contributed by atoms with Crippen LogP contribution in [-0.2, 0) is 201 Å². The Bertz CT molecular complexity index is 2320. The first-order chi connectivity index (χ1) is 60.6. The molecule has 0 saturated carbocycles. The van der Waals surface area contributed by atoms with Gasteiger partial charge in [-0.25, -0.2) is 0 Å². The second kappa shape index (κ2) is 104. The zero-order chi connectivity index (χ0) is 88.9. The van der Waals surface area contributed by atoms with Crippen molar-refractivity contribution in [3.05, 3.63) is 0 Å². The van der Waals surface area contributed by atoms with Gasteiger partial charge in [-0.2, -0.15) is 0 Å². The van der Waals surface area contributed by atoms with Gasteiger partial charge in [0.25, 0.3) is 16.8 Å². The van der Waals surface area contributed by atoms with E-state index in [-0.39, 0.29) is 19.3 Å². The van der Waals surface area contributed by atoms with E-state index in [4.69, 9.17) is 165 Å². The lowest BCUT2D eigenvalue weighted by atomic mass is 10.5. The van der Waals surface area contributed by atoms with Crippen LogP contribution in [0.3, 0.4) is 0 Å². The lowest BCUT2D eigenvalue weighted by Gasteiger charge is -2.20. The fourth-order valence-corrected chi connectivity index (χ4v) is 66.2. The Morgan fingerprint density at radius 3 is 0.447 bits per heavy atom. The molecule has 0 aliphatic rings. The molecule has 0 aromatic rings. The first kappa shape index (κ1) is 122. The molecule has 0 fully saturated rings. The molecular weight excluding hydrogens is 1790 g/mol. The summed E-state index contributed by atoms with van der Waals surface area (Å²) in [6.45, 7) is 32.3. The van der Waals surface area contributed by atoms with Gasteiger partial charge in [-0.3, -0.25) is 0 Å². The monoisotopic (exact) mass is 1940 g/mol. The van der Waals surface area contributed by atoms with E-state index in [1.807, 2.05) is 0 Å². The van der Waals surface area contributed by atoms with Gasteiger partial charge in [-0.15, -0.1) is 0 Å². The zero-order valence-electron chi connectivity index (χ0n) is 73.0. The maximum absolute atomic E-state index is 12.5. The molecule has 0 bridgehead atoms. The fourth-order valence-electron chi connectivity index (χ4n) is 8.66. The number of hydrogen-bond donors (Lipinski definition) is 0. The van der Waals surface area contributed by atoms with Gasteiger partial charge in [0.05, 0.1) is 436 Å². The molecule has 0 aromatic carbocycles. The molecule has 123 heavy (non-hydrogen) atoms. The van der Waals surface area contributed by atoms with Gasteiger partial charge in [0, 0.05) is 13.7 Å². The van der Waals surface area contributed by atoms with Gasteiger partial charge in [-0.1, -0.05) is 0 Å². The number of methoxy groups -OCH3 is 1. The summed E-state index contributed by atoms with van der Waals surface area (Å²) in [6, 6.07) is 0.246. The zero-order valence-corrected chi connectivity index (χ0v) is 82.3. The molecule has 0 aromatic heterocycles. The molecule has 52 heteroatoms. The van der Waals surface area contributed by atoms with Crippen molar-refractivity contribution in [3.8, 4) is 0 Å². The molecule has 1 atom stereocenters. The van der Waals surface area contributed by atoms with Gasteiger partial charge < -0.3 is 201 Å². The average molecular weight is 1940 g/mol. The Hall–Kier alpha value is -1.21. The Labute approximate surface area is 738 Å². The highest BCUT2D eigenvalue weighted by molar-refractivity contribution is 7.69. The van der Waals surface area contributed by atoms with Crippen molar-refractivity contribution in [2.45, 2.75) is 19.0 Å². The lowest BCUT2D eigenvalue weighted by Crippen LogP contribution is -2.51. The van der Waals surface area contributed by atoms with Gasteiger partial charge >= 0.3 is 56.0 Å². The summed E-state index contributed by atoms with van der Waals surface area (Å²) in [7, 11) is -25.8. The Kier molecular flexibility index (Phi) is 103. The standard InChI is InChI=1S/C71H146O43Si9/c1-80-5-6-82-9-10-84-13-14-86-17-18-88-21-22-90-25-26-92-29-30-94-33-34-96-37-38-98-41-42-100-45-46-102-49-50-104-53-54-106-57-58-108-61-62-110-65-66-112-69-70-113-68-67-111-64-63-109-60-59-107-56-55-105-52-51-103-48-47-101-44-43-99-40-39-97-36-35-95-32-31-93-28-27-91-24-23-89-20-19-87-16-15-85-12-11-83-8-7-81-4-3-71-123(2,116-73)114-117(74)119(76)121(78)122(79)120(77)118(75)115-72/h115-116H,3-71H2,1-2H3. The van der Waals surface area contributed by atoms with Crippen LogP contribution in [0.25, 0.3) is 0 Å². The molecule has 0 saturated heterocycles. The molecule has 0 radical (unpaired) electrons. The van der Waals surface area contributed by atoms with Crippen LogP contribution >= 0.6 is 0 Å². The summed E-state index contributed by atoms with van der Waals surface area (Å²) in [5.41, 5.74) is 0. The molecule has 1 unspecified atom stereocenters. The average Bonchev–Trinajstić information content (AvgIpc) is 0.845. The summed E-state index contributed by atoms with van der Waals surface area (Å²) < 4.78 is 287. The highest BCUT2D eigenvalue weighted by Gasteiger charge is 2.48. The largest absolute Gasteiger partial charge is 0.575 e. The molecule has 0 rings (SSSR count). The molecule has 0 aliphatic heterocycles. The van der Waals surface area contributed by atoms with Crippen LogP contribution in [0.1, 0.15) is 6.42 Å². The van der Waals surface area contributed by atoms with Crippen LogP contribution in [0.2, 0.25) is 12.6 Å². The molecule has 724 valence electrons. The van der Waals surface area contributed by atoms with Crippen LogP contribution < -0.4 is 0 Å². The Balaban J connectivity index is 3.19. The third-order valence-electron chi connectivity index (χ3n) is 15.0. The summed E-state index contributed by atoms with van der Waals surface area (Å²) >= 11 is 0. The minimum atomic E-state index is -3.62. The van der Waals surface area contributed by atoms with Crippen LogP contribution in [0.4, 0.5) is 0 Å². The van der Waals surface area contributed by atoms with Gasteiger partial charge in [-0.05, 0) is 19.0 Å². The number of rotatable bonds is 112. The smallest absolute Gasteiger partial charge is 0.532 e. The Morgan fingerprint density at radius 1 is 0.187 bits per heavy atom. The third kappa shape index (κ3) is 95.2. The van der Waals surface area contributed by atoms with Crippen molar-refractivity contribution in [3.63, 3.8) is 0 Å². The van der Waals surface area contributed by atoms with Gasteiger partial charge in [0.2, 0.25) is 0 Å². The summed E-state index contributed by atoms with van der Waals surface area (Å²) in [6.07, 6.45) is 0.393. The predicted molar refractivity (Wildman–Crippen MR) is 445 cm³/mol. The van der Waals surface area contributed by atoms with Gasteiger partial charge in [0.15, 0.2) is 0 Å². The molecular formula is C71H146O43Si9. The van der Waals surface area contributed by atoms with Crippen molar-refractivity contribution in [1.29, 1.82) is 0 Å². The molecule has 0 aliphatic carbocycles. The van der Waals surface area contributed by atoms with Crippen molar-refractivity contribution >= 4 is 72.7 Å². The first-order valence-electron chi connectivity index (χ1n) is 42.0. The second-order valence-corrected chi connectivity index (χ2v) is 61.3. The van der Waals surface area contributed by atoms with E-state index >= 15 is 0 Å². The summed E-state index contributed by atoms with van der Waals surface area (Å²) in [5, 5.41) is 0. The summed E-state index contributed by atoms with van der Waals surface area (Å²) in [4.78, 5) is 0. The first-order valence-corrected chi connectivity index (χ1v) is 62.6. The predicted octanol–water partition coefficient (Wildman–Crippen LogP) is -2.86. The van der Waals surface area contributed by atoms with E-state index < -0.39 is 72.7 Å². The normalized spacial score (nSPS) is 12.1. The van der Waals surface area contributed by atoms with Crippen molar-refractivity contribution in [2.75, 3.05) is 450 Å². The van der Waals surface area contributed by atoms with Crippen LogP contribution in [0.5, 0.6) is 0 Å².